The summed E-state index contributed by atoms with van der Waals surface area (Å²) in [6, 6.07) is 15.9. The van der Waals surface area contributed by atoms with Gasteiger partial charge in [-0.3, -0.25) is 0 Å². The van der Waals surface area contributed by atoms with Gasteiger partial charge < -0.3 is 35.0 Å². The number of H-pyrrole nitrogens is 1. The molecule has 8 nitrogen and oxygen atoms in total. The lowest BCUT2D eigenvalue weighted by Crippen LogP contribution is -2.59. The standard InChI is InChI=1S/C25H25NO7S/c27-12-20-22(28)23(29)24(25(30)31-20)33-32-19-3-1-2-18-21(19)17(11-26-18)10-14-4-6-15(7-5-14)16-8-9-34-13-16/h1-9,11,13,20,22-30H,10,12H2/t20-,22-,23+,24-,25-/m1/s1. The second-order valence-electron chi connectivity index (χ2n) is 8.25. The average molecular weight is 484 g/mol. The average Bonchev–Trinajstić information content (AvgIpc) is 3.53. The number of ether oxygens (including phenoxy) is 1. The van der Waals surface area contributed by atoms with E-state index >= 15 is 0 Å². The fraction of sp³-hybridized carbons (Fsp3) is 0.280. The van der Waals surface area contributed by atoms with Gasteiger partial charge in [0.05, 0.1) is 6.61 Å². The van der Waals surface area contributed by atoms with Crippen LogP contribution in [0.4, 0.5) is 0 Å². The lowest BCUT2D eigenvalue weighted by Gasteiger charge is -2.38. The number of nitrogens with one attached hydrogen (secondary N) is 1. The highest BCUT2D eigenvalue weighted by atomic mass is 32.1. The first-order chi connectivity index (χ1) is 16.5. The van der Waals surface area contributed by atoms with Crippen molar-refractivity contribution >= 4 is 22.2 Å². The highest BCUT2D eigenvalue weighted by Crippen LogP contribution is 2.32. The zero-order chi connectivity index (χ0) is 23.7. The number of aromatic amines is 1. The van der Waals surface area contributed by atoms with Gasteiger partial charge in [-0.05, 0) is 57.6 Å². The molecule has 1 aliphatic heterocycles. The summed E-state index contributed by atoms with van der Waals surface area (Å²) >= 11 is 1.67. The number of hydrogen-bond donors (Lipinski definition) is 5. The molecule has 0 bridgehead atoms. The predicted octanol–water partition coefficient (Wildman–Crippen LogP) is 2.60. The maximum Gasteiger partial charge on any atom is 0.188 e. The molecule has 0 radical (unpaired) electrons. The number of rotatable bonds is 7. The maximum absolute atomic E-state index is 10.3. The zero-order valence-electron chi connectivity index (χ0n) is 18.1. The largest absolute Gasteiger partial charge is 0.394 e. The van der Waals surface area contributed by atoms with Gasteiger partial charge in [0, 0.05) is 17.1 Å². The number of aromatic nitrogens is 1. The molecule has 5 N–H and O–H groups in total. The van der Waals surface area contributed by atoms with Crippen LogP contribution in [0.5, 0.6) is 5.75 Å². The second-order valence-corrected chi connectivity index (χ2v) is 9.03. The van der Waals surface area contributed by atoms with Crippen molar-refractivity contribution in [1.82, 2.24) is 4.98 Å². The molecule has 178 valence electrons. The molecule has 2 aromatic carbocycles. The van der Waals surface area contributed by atoms with Crippen molar-refractivity contribution in [2.45, 2.75) is 37.1 Å². The Labute approximate surface area is 199 Å². The highest BCUT2D eigenvalue weighted by Gasteiger charge is 2.45. The summed E-state index contributed by atoms with van der Waals surface area (Å²) in [7, 11) is 0. The Morgan fingerprint density at radius 2 is 1.79 bits per heavy atom. The van der Waals surface area contributed by atoms with E-state index < -0.39 is 37.3 Å². The molecule has 2 aromatic heterocycles. The first-order valence-electron chi connectivity index (χ1n) is 10.9. The quantitative estimate of drug-likeness (QED) is 0.202. The van der Waals surface area contributed by atoms with Crippen LogP contribution in [0.15, 0.2) is 65.5 Å². The molecule has 1 saturated heterocycles. The van der Waals surface area contributed by atoms with Gasteiger partial charge in [0.2, 0.25) is 0 Å². The third kappa shape index (κ3) is 4.47. The normalized spacial score (nSPS) is 25.0. The van der Waals surface area contributed by atoms with E-state index in [4.69, 9.17) is 14.5 Å². The van der Waals surface area contributed by atoms with Crippen LogP contribution < -0.4 is 4.89 Å². The molecule has 3 heterocycles. The summed E-state index contributed by atoms with van der Waals surface area (Å²) in [6.45, 7) is -0.552. The van der Waals surface area contributed by atoms with Crippen LogP contribution in [0.25, 0.3) is 22.0 Å². The highest BCUT2D eigenvalue weighted by molar-refractivity contribution is 7.08. The fourth-order valence-corrected chi connectivity index (χ4v) is 4.84. The third-order valence-corrected chi connectivity index (χ3v) is 6.73. The minimum Gasteiger partial charge on any atom is -0.394 e. The number of fused-ring (bicyclic) bond motifs is 1. The van der Waals surface area contributed by atoms with Crippen molar-refractivity contribution in [3.05, 3.63) is 76.6 Å². The molecular formula is C25H25NO7S. The van der Waals surface area contributed by atoms with Crippen molar-refractivity contribution in [1.29, 1.82) is 0 Å². The Kier molecular flexibility index (Phi) is 6.66. The van der Waals surface area contributed by atoms with Crippen molar-refractivity contribution in [3.63, 3.8) is 0 Å². The predicted molar refractivity (Wildman–Crippen MR) is 126 cm³/mol. The molecule has 5 rings (SSSR count). The second kappa shape index (κ2) is 9.85. The van der Waals surface area contributed by atoms with E-state index in [1.807, 2.05) is 12.3 Å². The molecule has 9 heteroatoms. The van der Waals surface area contributed by atoms with Crippen molar-refractivity contribution in [3.8, 4) is 16.9 Å². The van der Waals surface area contributed by atoms with Gasteiger partial charge in [0.15, 0.2) is 18.1 Å². The summed E-state index contributed by atoms with van der Waals surface area (Å²) < 4.78 is 5.12. The molecule has 5 atom stereocenters. The minimum absolute atomic E-state index is 0.391. The molecule has 1 aliphatic rings. The fourth-order valence-electron chi connectivity index (χ4n) is 4.18. The first-order valence-corrected chi connectivity index (χ1v) is 11.8. The monoisotopic (exact) mass is 483 g/mol. The van der Waals surface area contributed by atoms with E-state index in [2.05, 4.69) is 46.1 Å². The van der Waals surface area contributed by atoms with Crippen LogP contribution in [0.2, 0.25) is 0 Å². The van der Waals surface area contributed by atoms with Crippen LogP contribution in [-0.4, -0.2) is 62.7 Å². The van der Waals surface area contributed by atoms with Crippen molar-refractivity contribution in [2.24, 2.45) is 0 Å². The lowest BCUT2D eigenvalue weighted by atomic mass is 9.99. The molecule has 0 amide bonds. The molecule has 1 fully saturated rings. The van der Waals surface area contributed by atoms with Gasteiger partial charge in [-0.15, -0.1) is 0 Å². The Balaban J connectivity index is 1.34. The van der Waals surface area contributed by atoms with Gasteiger partial charge >= 0.3 is 0 Å². The number of aliphatic hydroxyl groups is 4. The Bertz CT molecular complexity index is 1220. The molecule has 34 heavy (non-hydrogen) atoms. The minimum atomic E-state index is -1.58. The summed E-state index contributed by atoms with van der Waals surface area (Å²) in [5.74, 6) is 0.391. The Morgan fingerprint density at radius 1 is 0.971 bits per heavy atom. The number of hydrogen-bond acceptors (Lipinski definition) is 8. The van der Waals surface area contributed by atoms with E-state index in [-0.39, 0.29) is 0 Å². The Hall–Kier alpha value is -2.76. The molecule has 4 aromatic rings. The topological polar surface area (TPSA) is 124 Å². The van der Waals surface area contributed by atoms with Gasteiger partial charge in [-0.25, -0.2) is 0 Å². The molecular weight excluding hydrogens is 458 g/mol. The van der Waals surface area contributed by atoms with E-state index in [1.165, 1.54) is 11.1 Å². The van der Waals surface area contributed by atoms with Crippen LogP contribution >= 0.6 is 11.3 Å². The van der Waals surface area contributed by atoms with E-state index in [1.54, 1.807) is 23.5 Å². The molecule has 0 saturated carbocycles. The smallest absolute Gasteiger partial charge is 0.188 e. The van der Waals surface area contributed by atoms with Gasteiger partial charge in [-0.2, -0.15) is 16.2 Å². The van der Waals surface area contributed by atoms with Crippen LogP contribution in [-0.2, 0) is 16.0 Å². The van der Waals surface area contributed by atoms with Crippen LogP contribution in [0.1, 0.15) is 11.1 Å². The zero-order valence-corrected chi connectivity index (χ0v) is 18.9. The molecule has 0 unspecified atom stereocenters. The molecule has 0 spiro atoms. The number of benzene rings is 2. The van der Waals surface area contributed by atoms with E-state index in [9.17, 15) is 20.4 Å². The van der Waals surface area contributed by atoms with Gasteiger partial charge in [-0.1, -0.05) is 30.3 Å². The van der Waals surface area contributed by atoms with Crippen LogP contribution in [0, 0.1) is 0 Å². The third-order valence-electron chi connectivity index (χ3n) is 6.04. The van der Waals surface area contributed by atoms with E-state index in [0.717, 1.165) is 22.0 Å². The number of aliphatic hydroxyl groups excluding tert-OH is 4. The van der Waals surface area contributed by atoms with Gasteiger partial charge in [0.25, 0.3) is 0 Å². The lowest BCUT2D eigenvalue weighted by molar-refractivity contribution is -0.364. The Morgan fingerprint density at radius 3 is 2.53 bits per heavy atom. The van der Waals surface area contributed by atoms with Gasteiger partial charge in [0.1, 0.15) is 18.3 Å². The van der Waals surface area contributed by atoms with Crippen molar-refractivity contribution < 1.29 is 34.9 Å². The van der Waals surface area contributed by atoms with Crippen LogP contribution in [0.3, 0.4) is 0 Å². The number of thiophene rings is 1. The molecule has 0 aliphatic carbocycles. The summed E-state index contributed by atoms with van der Waals surface area (Å²) in [6.07, 6.45) is -4.44. The summed E-state index contributed by atoms with van der Waals surface area (Å²) in [4.78, 5) is 14.1. The summed E-state index contributed by atoms with van der Waals surface area (Å²) in [5, 5.41) is 44.7. The van der Waals surface area contributed by atoms with E-state index in [0.29, 0.717) is 12.2 Å². The van der Waals surface area contributed by atoms with Crippen molar-refractivity contribution in [2.75, 3.05) is 6.61 Å². The summed E-state index contributed by atoms with van der Waals surface area (Å²) in [5.41, 5.74) is 5.31. The first kappa shape index (κ1) is 23.0. The maximum atomic E-state index is 10.3. The SMILES string of the molecule is OC[C@H]1O[C@@H](O)[C@H](OOc2cccc3[nH]cc(Cc4ccc(-c5ccsc5)cc4)c23)[C@@H](O)[C@@H]1O.